The second kappa shape index (κ2) is 7.92. The minimum absolute atomic E-state index is 0.173. The summed E-state index contributed by atoms with van der Waals surface area (Å²) in [5.41, 5.74) is 2.09. The molecule has 0 unspecified atom stereocenters. The van der Waals surface area contributed by atoms with Crippen LogP contribution in [-0.2, 0) is 6.42 Å². The van der Waals surface area contributed by atoms with Crippen LogP contribution in [0.1, 0.15) is 35.2 Å². The van der Waals surface area contributed by atoms with Crippen molar-refractivity contribution >= 4 is 5.78 Å². The van der Waals surface area contributed by atoms with Crippen molar-refractivity contribution in [2.24, 2.45) is 0 Å². The van der Waals surface area contributed by atoms with E-state index in [4.69, 9.17) is 9.47 Å². The van der Waals surface area contributed by atoms with E-state index in [0.717, 1.165) is 25.3 Å². The van der Waals surface area contributed by atoms with E-state index >= 15 is 0 Å². The molecule has 0 N–H and O–H groups in total. The lowest BCUT2D eigenvalue weighted by Gasteiger charge is -2.24. The molecular formula is C22H25NO3. The van der Waals surface area contributed by atoms with Crippen LogP contribution in [0.3, 0.4) is 0 Å². The molecule has 1 saturated heterocycles. The number of carbonyl (C=O) groups excluding carboxylic acids is 1. The zero-order chi connectivity index (χ0) is 17.8. The number of likely N-dealkylation sites (tertiary alicyclic amines) is 1. The van der Waals surface area contributed by atoms with Gasteiger partial charge in [-0.15, -0.1) is 0 Å². The minimum atomic E-state index is 0.173. The van der Waals surface area contributed by atoms with Gasteiger partial charge in [-0.25, -0.2) is 0 Å². The van der Waals surface area contributed by atoms with Crippen molar-refractivity contribution < 1.29 is 14.3 Å². The smallest absolute Gasteiger partial charge is 0.164 e. The quantitative estimate of drug-likeness (QED) is 0.743. The Kier molecular flexibility index (Phi) is 5.21. The van der Waals surface area contributed by atoms with Gasteiger partial charge in [-0.2, -0.15) is 0 Å². The van der Waals surface area contributed by atoms with Crippen molar-refractivity contribution in [2.45, 2.75) is 31.7 Å². The number of ether oxygens (including phenoxy) is 2. The van der Waals surface area contributed by atoms with Crippen molar-refractivity contribution in [3.63, 3.8) is 0 Å². The highest BCUT2D eigenvalue weighted by Gasteiger charge is 2.25. The number of ketones is 1. The number of hydrogen-bond donors (Lipinski definition) is 0. The van der Waals surface area contributed by atoms with Crippen LogP contribution in [0.25, 0.3) is 0 Å². The fraction of sp³-hybridized carbons (Fsp3) is 0.409. The van der Waals surface area contributed by atoms with Crippen LogP contribution in [0.15, 0.2) is 48.5 Å². The lowest BCUT2D eigenvalue weighted by molar-refractivity contribution is 0.0960. The van der Waals surface area contributed by atoms with Crippen LogP contribution in [0, 0.1) is 0 Å². The third-order valence-electron chi connectivity index (χ3n) is 5.30. The Balaban J connectivity index is 1.35. The molecule has 0 aliphatic carbocycles. The molecule has 136 valence electrons. The topological polar surface area (TPSA) is 38.8 Å². The fourth-order valence-corrected chi connectivity index (χ4v) is 3.91. The predicted molar refractivity (Wildman–Crippen MR) is 101 cm³/mol. The average Bonchev–Trinajstić information content (AvgIpc) is 3.13. The van der Waals surface area contributed by atoms with E-state index in [9.17, 15) is 4.79 Å². The van der Waals surface area contributed by atoms with Crippen molar-refractivity contribution in [1.29, 1.82) is 0 Å². The maximum atomic E-state index is 12.6. The normalized spacial score (nSPS) is 19.5. The van der Waals surface area contributed by atoms with Crippen molar-refractivity contribution in [1.82, 2.24) is 4.90 Å². The van der Waals surface area contributed by atoms with Gasteiger partial charge >= 0.3 is 0 Å². The van der Waals surface area contributed by atoms with E-state index in [1.165, 1.54) is 18.4 Å². The van der Waals surface area contributed by atoms with Gasteiger partial charge in [-0.1, -0.05) is 30.3 Å². The summed E-state index contributed by atoms with van der Waals surface area (Å²) in [7, 11) is 0. The van der Waals surface area contributed by atoms with E-state index in [0.29, 0.717) is 37.0 Å². The van der Waals surface area contributed by atoms with Crippen molar-refractivity contribution in [3.05, 3.63) is 59.7 Å². The highest BCUT2D eigenvalue weighted by atomic mass is 16.6. The molecule has 0 saturated carbocycles. The van der Waals surface area contributed by atoms with Gasteiger partial charge in [0, 0.05) is 24.6 Å². The second-order valence-corrected chi connectivity index (χ2v) is 7.05. The second-order valence-electron chi connectivity index (χ2n) is 7.05. The molecule has 1 atom stereocenters. The maximum Gasteiger partial charge on any atom is 0.164 e. The summed E-state index contributed by atoms with van der Waals surface area (Å²) < 4.78 is 11.1. The molecule has 0 spiro atoms. The standard InChI is InChI=1S/C22H25NO3/c24-20(18-8-9-21-22(16-18)26-14-13-25-21)10-12-23-11-4-7-19(23)15-17-5-2-1-3-6-17/h1-3,5-6,8-9,16,19H,4,7,10-15H2/t19-/m1/s1. The van der Waals surface area contributed by atoms with E-state index in [2.05, 4.69) is 35.2 Å². The first-order valence-corrected chi connectivity index (χ1v) is 9.50. The molecule has 0 bridgehead atoms. The highest BCUT2D eigenvalue weighted by Crippen LogP contribution is 2.31. The van der Waals surface area contributed by atoms with Gasteiger partial charge in [0.05, 0.1) is 0 Å². The lowest BCUT2D eigenvalue weighted by atomic mass is 10.0. The Morgan fingerprint density at radius 2 is 1.85 bits per heavy atom. The SMILES string of the molecule is O=C(CCN1CCC[C@@H]1Cc1ccccc1)c1ccc2c(c1)OCCO2. The number of nitrogens with zero attached hydrogens (tertiary/aromatic N) is 1. The van der Waals surface area contributed by atoms with Gasteiger partial charge in [0.2, 0.25) is 0 Å². The Bertz CT molecular complexity index is 759. The van der Waals surface area contributed by atoms with Crippen molar-refractivity contribution in [2.75, 3.05) is 26.3 Å². The molecule has 2 aromatic rings. The maximum absolute atomic E-state index is 12.6. The molecule has 2 aliphatic rings. The summed E-state index contributed by atoms with van der Waals surface area (Å²) in [6.07, 6.45) is 4.05. The van der Waals surface area contributed by atoms with Crippen LogP contribution in [0.2, 0.25) is 0 Å². The summed E-state index contributed by atoms with van der Waals surface area (Å²) in [5.74, 6) is 1.59. The number of carbonyl (C=O) groups is 1. The van der Waals surface area contributed by atoms with Gasteiger partial charge in [-0.05, 0) is 49.6 Å². The van der Waals surface area contributed by atoms with Crippen LogP contribution in [0.5, 0.6) is 11.5 Å². The molecule has 0 radical (unpaired) electrons. The van der Waals surface area contributed by atoms with Gasteiger partial charge in [-0.3, -0.25) is 9.69 Å². The van der Waals surface area contributed by atoms with E-state index in [1.807, 2.05) is 18.2 Å². The highest BCUT2D eigenvalue weighted by molar-refractivity contribution is 5.96. The van der Waals surface area contributed by atoms with E-state index in [1.54, 1.807) is 0 Å². The molecule has 1 fully saturated rings. The lowest BCUT2D eigenvalue weighted by Crippen LogP contribution is -2.33. The van der Waals surface area contributed by atoms with Crippen LogP contribution >= 0.6 is 0 Å². The van der Waals surface area contributed by atoms with Gasteiger partial charge in [0.25, 0.3) is 0 Å². The molecule has 0 aromatic heterocycles. The van der Waals surface area contributed by atoms with E-state index < -0.39 is 0 Å². The molecule has 4 rings (SSSR count). The van der Waals surface area contributed by atoms with E-state index in [-0.39, 0.29) is 5.78 Å². The molecular weight excluding hydrogens is 326 g/mol. The number of Topliss-reactive ketones (excluding diaryl/α,β-unsaturated/α-hetero) is 1. The van der Waals surface area contributed by atoms with Crippen molar-refractivity contribution in [3.8, 4) is 11.5 Å². The summed E-state index contributed by atoms with van der Waals surface area (Å²) >= 11 is 0. The molecule has 2 heterocycles. The Morgan fingerprint density at radius 3 is 2.69 bits per heavy atom. The zero-order valence-corrected chi connectivity index (χ0v) is 15.0. The molecule has 2 aliphatic heterocycles. The fourth-order valence-electron chi connectivity index (χ4n) is 3.91. The summed E-state index contributed by atoms with van der Waals surface area (Å²) in [5, 5.41) is 0. The molecule has 0 amide bonds. The third kappa shape index (κ3) is 3.91. The Morgan fingerprint density at radius 1 is 1.04 bits per heavy atom. The number of rotatable bonds is 6. The zero-order valence-electron chi connectivity index (χ0n) is 15.0. The predicted octanol–water partition coefficient (Wildman–Crippen LogP) is 3.74. The first-order chi connectivity index (χ1) is 12.8. The largest absolute Gasteiger partial charge is 0.486 e. The summed E-state index contributed by atoms with van der Waals surface area (Å²) in [6.45, 7) is 3.02. The summed E-state index contributed by atoms with van der Waals surface area (Å²) in [4.78, 5) is 15.1. The molecule has 4 nitrogen and oxygen atoms in total. The molecule has 26 heavy (non-hydrogen) atoms. The average molecular weight is 351 g/mol. The summed E-state index contributed by atoms with van der Waals surface area (Å²) in [6, 6.07) is 16.7. The Labute approximate surface area is 154 Å². The van der Waals surface area contributed by atoms with Crippen LogP contribution in [-0.4, -0.2) is 43.0 Å². The third-order valence-corrected chi connectivity index (χ3v) is 5.30. The minimum Gasteiger partial charge on any atom is -0.486 e. The number of hydrogen-bond acceptors (Lipinski definition) is 4. The first kappa shape index (κ1) is 17.1. The van der Waals surface area contributed by atoms with Crippen LogP contribution in [0.4, 0.5) is 0 Å². The number of benzene rings is 2. The van der Waals surface area contributed by atoms with Gasteiger partial charge < -0.3 is 9.47 Å². The monoisotopic (exact) mass is 351 g/mol. The van der Waals surface area contributed by atoms with Gasteiger partial charge in [0.15, 0.2) is 17.3 Å². The first-order valence-electron chi connectivity index (χ1n) is 9.50. The van der Waals surface area contributed by atoms with Gasteiger partial charge in [0.1, 0.15) is 13.2 Å². The van der Waals surface area contributed by atoms with Crippen LogP contribution < -0.4 is 9.47 Å². The Hall–Kier alpha value is -2.33. The molecule has 4 heteroatoms. The molecule has 2 aromatic carbocycles. The number of fused-ring (bicyclic) bond motifs is 1.